The first-order chi connectivity index (χ1) is 10.1. The van der Waals surface area contributed by atoms with E-state index in [1.807, 2.05) is 18.4 Å². The second kappa shape index (κ2) is 6.78. The molecule has 21 heavy (non-hydrogen) atoms. The molecule has 2 atom stereocenters. The summed E-state index contributed by atoms with van der Waals surface area (Å²) in [6.45, 7) is 3.11. The topological polar surface area (TPSA) is 83.3 Å². The Morgan fingerprint density at radius 2 is 2.48 bits per heavy atom. The third-order valence-corrected chi connectivity index (χ3v) is 4.51. The molecule has 0 saturated carbocycles. The molecule has 1 fully saturated rings. The number of aromatic nitrogens is 1. The number of ether oxygens (including phenoxy) is 1. The van der Waals surface area contributed by atoms with Crippen molar-refractivity contribution in [3.63, 3.8) is 0 Å². The molecule has 0 aliphatic carbocycles. The summed E-state index contributed by atoms with van der Waals surface area (Å²) in [4.78, 5) is 30.2. The van der Waals surface area contributed by atoms with Crippen molar-refractivity contribution in [2.75, 3.05) is 26.8 Å². The lowest BCUT2D eigenvalue weighted by Crippen LogP contribution is -2.30. The van der Waals surface area contributed by atoms with Crippen LogP contribution in [0.4, 0.5) is 0 Å². The fourth-order valence-electron chi connectivity index (χ4n) is 2.36. The number of methoxy groups -OCH3 is 1. The smallest absolute Gasteiger partial charge is 0.223 e. The van der Waals surface area contributed by atoms with E-state index in [-0.39, 0.29) is 18.1 Å². The van der Waals surface area contributed by atoms with Gasteiger partial charge in [-0.3, -0.25) is 9.59 Å². The molecule has 0 bridgehead atoms. The summed E-state index contributed by atoms with van der Waals surface area (Å²) >= 11 is 1.31. The SMILES string of the molecule is COCCN1CC(C(=O)C(C#N)c2nc(C)cs2)CC1=O. The lowest BCUT2D eigenvalue weighted by Gasteiger charge is -2.16. The molecule has 1 saturated heterocycles. The van der Waals surface area contributed by atoms with E-state index >= 15 is 0 Å². The average molecular weight is 307 g/mol. The molecule has 1 aliphatic rings. The molecule has 6 nitrogen and oxygen atoms in total. The van der Waals surface area contributed by atoms with Crippen LogP contribution in [0.3, 0.4) is 0 Å². The maximum Gasteiger partial charge on any atom is 0.223 e. The van der Waals surface area contributed by atoms with Gasteiger partial charge in [0.2, 0.25) is 5.91 Å². The number of amides is 1. The number of nitriles is 1. The van der Waals surface area contributed by atoms with Crippen molar-refractivity contribution in [1.29, 1.82) is 5.26 Å². The Labute approximate surface area is 127 Å². The van der Waals surface area contributed by atoms with Crippen LogP contribution in [0.2, 0.25) is 0 Å². The second-order valence-electron chi connectivity index (χ2n) is 5.03. The van der Waals surface area contributed by atoms with Crippen LogP contribution in [-0.4, -0.2) is 48.4 Å². The van der Waals surface area contributed by atoms with Crippen molar-refractivity contribution < 1.29 is 14.3 Å². The highest BCUT2D eigenvalue weighted by molar-refractivity contribution is 7.09. The fourth-order valence-corrected chi connectivity index (χ4v) is 3.21. The lowest BCUT2D eigenvalue weighted by molar-refractivity contribution is -0.129. The molecule has 2 rings (SSSR count). The van der Waals surface area contributed by atoms with Crippen LogP contribution < -0.4 is 0 Å². The van der Waals surface area contributed by atoms with Crippen LogP contribution in [0.5, 0.6) is 0 Å². The van der Waals surface area contributed by atoms with E-state index in [4.69, 9.17) is 4.74 Å². The quantitative estimate of drug-likeness (QED) is 0.786. The minimum absolute atomic E-state index is 0.0580. The van der Waals surface area contributed by atoms with Gasteiger partial charge in [-0.2, -0.15) is 5.26 Å². The fraction of sp³-hybridized carbons (Fsp3) is 0.571. The molecule has 0 radical (unpaired) electrons. The van der Waals surface area contributed by atoms with Crippen molar-refractivity contribution >= 4 is 23.0 Å². The first-order valence-electron chi connectivity index (χ1n) is 6.69. The molecule has 2 unspecified atom stereocenters. The molecule has 1 amide bonds. The van der Waals surface area contributed by atoms with Gasteiger partial charge < -0.3 is 9.64 Å². The van der Waals surface area contributed by atoms with Crippen molar-refractivity contribution in [3.8, 4) is 6.07 Å². The summed E-state index contributed by atoms with van der Waals surface area (Å²) in [5, 5.41) is 11.6. The van der Waals surface area contributed by atoms with E-state index in [9.17, 15) is 14.9 Å². The van der Waals surface area contributed by atoms with Gasteiger partial charge in [0.05, 0.1) is 12.7 Å². The largest absolute Gasteiger partial charge is 0.383 e. The Bertz CT molecular complexity index is 578. The number of likely N-dealkylation sites (tertiary alicyclic amines) is 1. The highest BCUT2D eigenvalue weighted by atomic mass is 32.1. The van der Waals surface area contributed by atoms with E-state index in [0.29, 0.717) is 24.7 Å². The van der Waals surface area contributed by atoms with Gasteiger partial charge in [0.1, 0.15) is 5.01 Å². The van der Waals surface area contributed by atoms with Crippen molar-refractivity contribution in [3.05, 3.63) is 16.1 Å². The predicted octanol–water partition coefficient (Wildman–Crippen LogP) is 1.12. The molecule has 1 aromatic heterocycles. The second-order valence-corrected chi connectivity index (χ2v) is 5.91. The third kappa shape index (κ3) is 3.46. The first kappa shape index (κ1) is 15.6. The summed E-state index contributed by atoms with van der Waals surface area (Å²) in [6.07, 6.45) is 0.172. The van der Waals surface area contributed by atoms with Crippen LogP contribution in [0, 0.1) is 24.2 Å². The normalized spacial score (nSPS) is 19.6. The number of Topliss-reactive ketones (excluding diaryl/α,β-unsaturated/α-hetero) is 1. The number of carbonyl (C=O) groups excluding carboxylic acids is 2. The number of hydrogen-bond donors (Lipinski definition) is 0. The highest BCUT2D eigenvalue weighted by Gasteiger charge is 2.38. The summed E-state index contributed by atoms with van der Waals surface area (Å²) in [7, 11) is 1.57. The Morgan fingerprint density at radius 1 is 1.71 bits per heavy atom. The summed E-state index contributed by atoms with van der Waals surface area (Å²) in [5.41, 5.74) is 0.798. The monoisotopic (exact) mass is 307 g/mol. The molecule has 0 aromatic carbocycles. The van der Waals surface area contributed by atoms with E-state index in [1.165, 1.54) is 11.3 Å². The third-order valence-electron chi connectivity index (χ3n) is 3.48. The molecule has 7 heteroatoms. The van der Waals surface area contributed by atoms with Crippen molar-refractivity contribution in [2.24, 2.45) is 5.92 Å². The molecule has 0 N–H and O–H groups in total. The number of nitrogens with zero attached hydrogens (tertiary/aromatic N) is 3. The Balaban J connectivity index is 2.06. The van der Waals surface area contributed by atoms with Gasteiger partial charge in [-0.15, -0.1) is 11.3 Å². The predicted molar refractivity (Wildman–Crippen MR) is 76.8 cm³/mol. The Kier molecular flexibility index (Phi) is 5.04. The van der Waals surface area contributed by atoms with Gasteiger partial charge in [-0.05, 0) is 6.92 Å². The van der Waals surface area contributed by atoms with Crippen molar-refractivity contribution in [1.82, 2.24) is 9.88 Å². The van der Waals surface area contributed by atoms with Gasteiger partial charge in [0.25, 0.3) is 0 Å². The van der Waals surface area contributed by atoms with Crippen LogP contribution >= 0.6 is 11.3 Å². The van der Waals surface area contributed by atoms with Gasteiger partial charge in [0.15, 0.2) is 11.7 Å². The molecule has 2 heterocycles. The van der Waals surface area contributed by atoms with Crippen LogP contribution in [0.25, 0.3) is 0 Å². The highest BCUT2D eigenvalue weighted by Crippen LogP contribution is 2.28. The molecular formula is C14H17N3O3S. The number of ketones is 1. The summed E-state index contributed by atoms with van der Waals surface area (Å²) < 4.78 is 4.95. The van der Waals surface area contributed by atoms with Crippen LogP contribution in [0.1, 0.15) is 23.0 Å². The van der Waals surface area contributed by atoms with Gasteiger partial charge in [0, 0.05) is 43.6 Å². The summed E-state index contributed by atoms with van der Waals surface area (Å²) in [5.74, 6) is -1.57. The van der Waals surface area contributed by atoms with Gasteiger partial charge in [-0.1, -0.05) is 0 Å². The van der Waals surface area contributed by atoms with E-state index in [1.54, 1.807) is 12.0 Å². The summed E-state index contributed by atoms with van der Waals surface area (Å²) in [6, 6.07) is 2.03. The molecule has 1 aromatic rings. The Hall–Kier alpha value is -1.78. The number of thiazole rings is 1. The molecule has 1 aliphatic heterocycles. The van der Waals surface area contributed by atoms with E-state index in [2.05, 4.69) is 4.98 Å². The lowest BCUT2D eigenvalue weighted by atomic mass is 9.93. The zero-order valence-corrected chi connectivity index (χ0v) is 12.9. The first-order valence-corrected chi connectivity index (χ1v) is 7.56. The number of rotatable bonds is 6. The zero-order valence-electron chi connectivity index (χ0n) is 12.0. The maximum atomic E-state index is 12.5. The minimum atomic E-state index is -0.871. The zero-order chi connectivity index (χ0) is 15.4. The van der Waals surface area contributed by atoms with Gasteiger partial charge >= 0.3 is 0 Å². The van der Waals surface area contributed by atoms with Gasteiger partial charge in [-0.25, -0.2) is 4.98 Å². The maximum absolute atomic E-state index is 12.5. The Morgan fingerprint density at radius 3 is 3.05 bits per heavy atom. The van der Waals surface area contributed by atoms with Crippen LogP contribution in [-0.2, 0) is 14.3 Å². The van der Waals surface area contributed by atoms with Crippen LogP contribution in [0.15, 0.2) is 5.38 Å². The number of carbonyl (C=O) groups is 2. The van der Waals surface area contributed by atoms with E-state index in [0.717, 1.165) is 5.69 Å². The molecule has 112 valence electrons. The van der Waals surface area contributed by atoms with E-state index < -0.39 is 11.8 Å². The molecule has 0 spiro atoms. The number of aryl methyl sites for hydroxylation is 1. The average Bonchev–Trinajstić information content (AvgIpc) is 3.04. The molecular weight excluding hydrogens is 290 g/mol. The minimum Gasteiger partial charge on any atom is -0.383 e. The standard InChI is InChI=1S/C14H17N3O3S/c1-9-8-21-14(16-9)11(6-15)13(19)10-5-12(18)17(7-10)3-4-20-2/h8,10-11H,3-5,7H2,1-2H3. The van der Waals surface area contributed by atoms with Crippen molar-refractivity contribution in [2.45, 2.75) is 19.3 Å². The number of hydrogen-bond acceptors (Lipinski definition) is 6.